The Balaban J connectivity index is 2.48. The van der Waals surface area contributed by atoms with E-state index >= 15 is 0 Å². The lowest BCUT2D eigenvalue weighted by atomic mass is 9.79. The summed E-state index contributed by atoms with van der Waals surface area (Å²) in [4.78, 5) is 27.5. The molecule has 1 unspecified atom stereocenters. The van der Waals surface area contributed by atoms with Crippen molar-refractivity contribution in [2.24, 2.45) is 5.41 Å². The van der Waals surface area contributed by atoms with Crippen LogP contribution in [0.25, 0.3) is 6.08 Å². The normalized spacial score (nSPS) is 20.8. The van der Waals surface area contributed by atoms with Crippen LogP contribution in [0, 0.1) is 5.41 Å². The Bertz CT molecular complexity index is 736. The van der Waals surface area contributed by atoms with Crippen molar-refractivity contribution >= 4 is 23.8 Å². The van der Waals surface area contributed by atoms with Crippen LogP contribution in [-0.2, 0) is 4.74 Å². The fraction of sp³-hybridized carbons (Fsp3) is 0.524. The molecule has 0 spiro atoms. The zero-order valence-electron chi connectivity index (χ0n) is 17.0. The highest BCUT2D eigenvalue weighted by Crippen LogP contribution is 2.36. The fourth-order valence-corrected chi connectivity index (χ4v) is 4.11. The summed E-state index contributed by atoms with van der Waals surface area (Å²) in [7, 11) is 1.37. The molecule has 0 radical (unpaired) electrons. The Morgan fingerprint density at radius 3 is 2.44 bits per heavy atom. The van der Waals surface area contributed by atoms with Gasteiger partial charge >= 0.3 is 12.1 Å². The highest BCUT2D eigenvalue weighted by Gasteiger charge is 2.43. The second-order valence-electron chi connectivity index (χ2n) is 7.99. The van der Waals surface area contributed by atoms with E-state index in [1.807, 2.05) is 31.2 Å². The molecule has 1 N–H and O–H groups in total. The third-order valence-electron chi connectivity index (χ3n) is 5.10. The number of carbonyl (C=O) groups excluding carboxylic acids is 1. The van der Waals surface area contributed by atoms with Crippen LogP contribution in [0.2, 0.25) is 0 Å². The predicted molar refractivity (Wildman–Crippen MR) is 107 cm³/mol. The lowest BCUT2D eigenvalue weighted by Gasteiger charge is -2.51. The maximum atomic E-state index is 11.9. The monoisotopic (exact) mass is 374 g/mol. The molecule has 1 amide bonds. The van der Waals surface area contributed by atoms with Gasteiger partial charge < -0.3 is 19.6 Å². The lowest BCUT2D eigenvalue weighted by Crippen LogP contribution is -2.64. The minimum Gasteiger partial charge on any atom is -0.465 e. The van der Waals surface area contributed by atoms with Crippen LogP contribution in [-0.4, -0.2) is 54.4 Å². The van der Waals surface area contributed by atoms with E-state index in [2.05, 4.69) is 32.6 Å². The van der Waals surface area contributed by atoms with Gasteiger partial charge in [-0.3, -0.25) is 0 Å². The smallest absolute Gasteiger partial charge is 0.407 e. The summed E-state index contributed by atoms with van der Waals surface area (Å²) < 4.78 is 4.83. The van der Waals surface area contributed by atoms with Gasteiger partial charge in [-0.2, -0.15) is 0 Å². The Morgan fingerprint density at radius 1 is 1.26 bits per heavy atom. The number of hydrogen-bond acceptors (Lipinski definition) is 4. The zero-order valence-corrected chi connectivity index (χ0v) is 17.0. The molecule has 1 aromatic rings. The van der Waals surface area contributed by atoms with Crippen LogP contribution in [0.15, 0.2) is 24.3 Å². The van der Waals surface area contributed by atoms with Crippen molar-refractivity contribution in [3.05, 3.63) is 35.4 Å². The molecule has 1 aliphatic heterocycles. The highest BCUT2D eigenvalue weighted by molar-refractivity contribution is 5.91. The number of piperazine rings is 1. The second kappa shape index (κ2) is 8.03. The number of methoxy groups -OCH3 is 1. The second-order valence-corrected chi connectivity index (χ2v) is 7.99. The maximum Gasteiger partial charge on any atom is 0.407 e. The first kappa shape index (κ1) is 20.8. The molecule has 1 saturated heterocycles. The topological polar surface area (TPSA) is 70.1 Å². The molecule has 148 valence electrons. The van der Waals surface area contributed by atoms with Gasteiger partial charge in [0.25, 0.3) is 0 Å². The Morgan fingerprint density at radius 2 is 1.93 bits per heavy atom. The van der Waals surface area contributed by atoms with Crippen LogP contribution >= 0.6 is 0 Å². The first-order valence-corrected chi connectivity index (χ1v) is 9.23. The maximum absolute atomic E-state index is 11.9. The minimum atomic E-state index is -0.879. The van der Waals surface area contributed by atoms with Crippen molar-refractivity contribution in [3.63, 3.8) is 0 Å². The summed E-state index contributed by atoms with van der Waals surface area (Å²) in [6.07, 6.45) is 3.01. The van der Waals surface area contributed by atoms with Crippen LogP contribution in [0.4, 0.5) is 10.5 Å². The highest BCUT2D eigenvalue weighted by atomic mass is 16.5. The molecule has 0 aromatic heterocycles. The van der Waals surface area contributed by atoms with Crippen molar-refractivity contribution in [3.8, 4) is 0 Å². The average Bonchev–Trinajstić information content (AvgIpc) is 2.60. The number of anilines is 1. The fourth-order valence-electron chi connectivity index (χ4n) is 4.11. The number of rotatable bonds is 3. The standard InChI is InChI=1S/C21H30N2O4/c1-7-8-15-13-16(19(24)27-6)9-10-17(15)22-11-12-23(20(25)26)18(14(22)2)21(3,4)5/h7-10,13-14,18H,11-12H2,1-6H3,(H,25,26)/t14?,18-/m0/s1. The zero-order chi connectivity index (χ0) is 20.4. The molecule has 6 nitrogen and oxygen atoms in total. The van der Waals surface area contributed by atoms with E-state index < -0.39 is 6.09 Å². The summed E-state index contributed by atoms with van der Waals surface area (Å²) in [5.41, 5.74) is 2.21. The molecule has 2 rings (SSSR count). The molecule has 27 heavy (non-hydrogen) atoms. The van der Waals surface area contributed by atoms with Gasteiger partial charge in [0.2, 0.25) is 0 Å². The summed E-state index contributed by atoms with van der Waals surface area (Å²) in [6.45, 7) is 11.2. The minimum absolute atomic E-state index is 0.0113. The van der Waals surface area contributed by atoms with Crippen molar-refractivity contribution in [1.82, 2.24) is 4.90 Å². The van der Waals surface area contributed by atoms with Gasteiger partial charge in [0.15, 0.2) is 0 Å². The molecule has 0 bridgehead atoms. The SMILES string of the molecule is CC=Cc1cc(C(=O)OC)ccc1N1CCN(C(=O)O)[C@H](C(C)(C)C)C1C. The number of allylic oxidation sites excluding steroid dienone is 1. The number of carbonyl (C=O) groups is 2. The molecule has 1 fully saturated rings. The molecule has 6 heteroatoms. The third-order valence-corrected chi connectivity index (χ3v) is 5.10. The van der Waals surface area contributed by atoms with Crippen molar-refractivity contribution < 1.29 is 19.4 Å². The lowest BCUT2D eigenvalue weighted by molar-refractivity contribution is 0.0562. The molecule has 1 aromatic carbocycles. The number of hydrogen-bond donors (Lipinski definition) is 1. The van der Waals surface area contributed by atoms with Crippen molar-refractivity contribution in [2.45, 2.75) is 46.7 Å². The molecule has 1 aliphatic rings. The number of esters is 1. The molecule has 0 aliphatic carbocycles. The number of ether oxygens (including phenoxy) is 1. The molecular weight excluding hydrogens is 344 g/mol. The van der Waals surface area contributed by atoms with Gasteiger partial charge in [-0.1, -0.05) is 32.9 Å². The van der Waals surface area contributed by atoms with Crippen LogP contribution in [0.5, 0.6) is 0 Å². The van der Waals surface area contributed by atoms with Crippen molar-refractivity contribution in [2.75, 3.05) is 25.1 Å². The molecule has 2 atom stereocenters. The van der Waals surface area contributed by atoms with Gasteiger partial charge in [-0.05, 0) is 43.0 Å². The van der Waals surface area contributed by atoms with Gasteiger partial charge in [-0.25, -0.2) is 9.59 Å². The quantitative estimate of drug-likeness (QED) is 0.806. The van der Waals surface area contributed by atoms with Crippen LogP contribution in [0.1, 0.15) is 50.5 Å². The summed E-state index contributed by atoms with van der Waals surface area (Å²) in [6, 6.07) is 5.35. The first-order valence-electron chi connectivity index (χ1n) is 9.23. The van der Waals surface area contributed by atoms with Gasteiger partial charge in [0.05, 0.1) is 18.7 Å². The molecule has 0 saturated carbocycles. The third kappa shape index (κ3) is 4.26. The Kier molecular flexibility index (Phi) is 6.19. The van der Waals surface area contributed by atoms with E-state index in [1.54, 1.807) is 11.0 Å². The van der Waals surface area contributed by atoms with E-state index in [9.17, 15) is 14.7 Å². The van der Waals surface area contributed by atoms with Crippen molar-refractivity contribution in [1.29, 1.82) is 0 Å². The number of amides is 1. The van der Waals surface area contributed by atoms with Crippen LogP contribution in [0.3, 0.4) is 0 Å². The van der Waals surface area contributed by atoms with Gasteiger partial charge in [0, 0.05) is 24.8 Å². The number of nitrogens with zero attached hydrogens (tertiary/aromatic N) is 2. The van der Waals surface area contributed by atoms with Gasteiger partial charge in [-0.15, -0.1) is 0 Å². The van der Waals surface area contributed by atoms with Crippen LogP contribution < -0.4 is 4.90 Å². The van der Waals surface area contributed by atoms with E-state index in [0.29, 0.717) is 18.7 Å². The summed E-state index contributed by atoms with van der Waals surface area (Å²) in [5.74, 6) is -0.372. The number of carboxylic acid groups (broad SMARTS) is 1. The first-order chi connectivity index (χ1) is 12.6. The molecular formula is C21H30N2O4. The summed E-state index contributed by atoms with van der Waals surface area (Å²) >= 11 is 0. The molecule has 1 heterocycles. The largest absolute Gasteiger partial charge is 0.465 e. The van der Waals surface area contributed by atoms with E-state index in [1.165, 1.54) is 7.11 Å². The number of benzene rings is 1. The summed E-state index contributed by atoms with van der Waals surface area (Å²) in [5, 5.41) is 9.65. The van der Waals surface area contributed by atoms with E-state index in [4.69, 9.17) is 4.74 Å². The Labute approximate surface area is 161 Å². The predicted octanol–water partition coefficient (Wildman–Crippen LogP) is 4.11. The van der Waals surface area contributed by atoms with E-state index in [-0.39, 0.29) is 23.5 Å². The average molecular weight is 374 g/mol. The van der Waals surface area contributed by atoms with E-state index in [0.717, 1.165) is 11.3 Å². The van der Waals surface area contributed by atoms with Gasteiger partial charge in [0.1, 0.15) is 0 Å². The Hall–Kier alpha value is -2.50.